The summed E-state index contributed by atoms with van der Waals surface area (Å²) in [6.45, 7) is 8.59. The molecule has 0 N–H and O–H groups in total. The van der Waals surface area contributed by atoms with Crippen molar-refractivity contribution in [3.8, 4) is 0 Å². The van der Waals surface area contributed by atoms with E-state index in [1.807, 2.05) is 6.92 Å². The average molecular weight is 174 g/mol. The lowest BCUT2D eigenvalue weighted by molar-refractivity contribution is 0.318. The molecule has 0 aromatic rings. The molecular weight excluding hydrogens is 158 g/mol. The summed E-state index contributed by atoms with van der Waals surface area (Å²) in [6, 6.07) is 0. The highest BCUT2D eigenvalue weighted by molar-refractivity contribution is 5.07. The monoisotopic (exact) mass is 174 g/mol. The summed E-state index contributed by atoms with van der Waals surface area (Å²) in [5.74, 6) is -0.765. The summed E-state index contributed by atoms with van der Waals surface area (Å²) in [5.41, 5.74) is 0.819. The zero-order valence-corrected chi connectivity index (χ0v) is 7.90. The molecule has 0 aliphatic rings. The highest BCUT2D eigenvalue weighted by atomic mass is 19.1. The van der Waals surface area contributed by atoms with E-state index in [9.17, 15) is 8.78 Å². The van der Waals surface area contributed by atoms with Crippen molar-refractivity contribution in [1.82, 2.24) is 0 Å². The standard InChI is InChI=1S/C10H16F2/c1-5-7(2)9(4)10(12)6-8(3)11/h6,9-10H,2,5H2,1,3-4H3/b8-6+. The smallest absolute Gasteiger partial charge is 0.127 e. The van der Waals surface area contributed by atoms with Crippen LogP contribution < -0.4 is 0 Å². The quantitative estimate of drug-likeness (QED) is 0.569. The maximum atomic E-state index is 13.1. The Morgan fingerprint density at radius 1 is 1.58 bits per heavy atom. The first-order chi connectivity index (χ1) is 5.49. The Hall–Kier alpha value is -0.660. The second-order valence-electron chi connectivity index (χ2n) is 3.00. The van der Waals surface area contributed by atoms with E-state index in [-0.39, 0.29) is 5.92 Å². The van der Waals surface area contributed by atoms with Crippen LogP contribution in [0.1, 0.15) is 27.2 Å². The van der Waals surface area contributed by atoms with Gasteiger partial charge in [-0.3, -0.25) is 0 Å². The first kappa shape index (κ1) is 11.3. The Kier molecular flexibility index (Phi) is 4.79. The van der Waals surface area contributed by atoms with Gasteiger partial charge in [0.05, 0.1) is 5.83 Å². The van der Waals surface area contributed by atoms with Gasteiger partial charge in [-0.1, -0.05) is 26.0 Å². The normalized spacial score (nSPS) is 17.2. The van der Waals surface area contributed by atoms with Gasteiger partial charge in [-0.2, -0.15) is 0 Å². The van der Waals surface area contributed by atoms with Crippen LogP contribution in [0.3, 0.4) is 0 Å². The molecule has 0 amide bonds. The molecule has 0 saturated carbocycles. The van der Waals surface area contributed by atoms with E-state index < -0.39 is 12.0 Å². The molecule has 0 radical (unpaired) electrons. The van der Waals surface area contributed by atoms with Gasteiger partial charge in [0.25, 0.3) is 0 Å². The molecule has 2 atom stereocenters. The Balaban J connectivity index is 4.19. The Labute approximate surface area is 73.0 Å². The highest BCUT2D eigenvalue weighted by Crippen LogP contribution is 2.20. The minimum atomic E-state index is -1.25. The van der Waals surface area contributed by atoms with E-state index in [4.69, 9.17) is 0 Å². The second kappa shape index (κ2) is 5.07. The van der Waals surface area contributed by atoms with E-state index in [0.29, 0.717) is 0 Å². The zero-order chi connectivity index (χ0) is 9.72. The summed E-state index contributed by atoms with van der Waals surface area (Å²) in [7, 11) is 0. The van der Waals surface area contributed by atoms with Crippen molar-refractivity contribution in [2.24, 2.45) is 5.92 Å². The molecule has 0 bridgehead atoms. The van der Waals surface area contributed by atoms with Crippen molar-refractivity contribution in [2.45, 2.75) is 33.4 Å². The van der Waals surface area contributed by atoms with Crippen LogP contribution in [0.2, 0.25) is 0 Å². The topological polar surface area (TPSA) is 0 Å². The van der Waals surface area contributed by atoms with Gasteiger partial charge < -0.3 is 0 Å². The molecule has 0 aromatic carbocycles. The van der Waals surface area contributed by atoms with Crippen molar-refractivity contribution >= 4 is 0 Å². The average Bonchev–Trinajstić information content (AvgIpc) is 2.00. The van der Waals surface area contributed by atoms with Crippen LogP contribution in [-0.4, -0.2) is 6.17 Å². The number of halogens is 2. The Morgan fingerprint density at radius 2 is 2.08 bits per heavy atom. The predicted molar refractivity (Wildman–Crippen MR) is 48.4 cm³/mol. The number of hydrogen-bond acceptors (Lipinski definition) is 0. The highest BCUT2D eigenvalue weighted by Gasteiger charge is 2.15. The van der Waals surface area contributed by atoms with Crippen LogP contribution in [-0.2, 0) is 0 Å². The second-order valence-corrected chi connectivity index (χ2v) is 3.00. The molecule has 0 nitrogen and oxygen atoms in total. The van der Waals surface area contributed by atoms with E-state index >= 15 is 0 Å². The molecule has 0 aliphatic heterocycles. The molecule has 0 aliphatic carbocycles. The van der Waals surface area contributed by atoms with Gasteiger partial charge >= 0.3 is 0 Å². The lowest BCUT2D eigenvalue weighted by Gasteiger charge is -2.14. The van der Waals surface area contributed by atoms with Crippen molar-refractivity contribution in [3.05, 3.63) is 24.1 Å². The molecule has 70 valence electrons. The molecule has 0 fully saturated rings. The Bertz CT molecular complexity index is 178. The van der Waals surface area contributed by atoms with E-state index in [2.05, 4.69) is 6.58 Å². The Morgan fingerprint density at radius 3 is 2.42 bits per heavy atom. The summed E-state index contributed by atoms with van der Waals surface area (Å²) in [4.78, 5) is 0. The molecule has 12 heavy (non-hydrogen) atoms. The lowest BCUT2D eigenvalue weighted by Crippen LogP contribution is -2.11. The van der Waals surface area contributed by atoms with Crippen LogP contribution in [0.4, 0.5) is 8.78 Å². The van der Waals surface area contributed by atoms with Crippen LogP contribution in [0.15, 0.2) is 24.1 Å². The summed E-state index contributed by atoms with van der Waals surface area (Å²) >= 11 is 0. The third-order valence-electron chi connectivity index (χ3n) is 1.96. The maximum absolute atomic E-state index is 13.1. The molecule has 0 rings (SSSR count). The van der Waals surface area contributed by atoms with E-state index in [1.165, 1.54) is 6.92 Å². The fourth-order valence-corrected chi connectivity index (χ4v) is 0.911. The molecule has 0 heterocycles. The van der Waals surface area contributed by atoms with Gasteiger partial charge in [0.1, 0.15) is 6.17 Å². The molecule has 0 saturated heterocycles. The predicted octanol–water partition coefficient (Wildman–Crippen LogP) is 3.80. The zero-order valence-electron chi connectivity index (χ0n) is 7.90. The summed E-state index contributed by atoms with van der Waals surface area (Å²) in [5, 5.41) is 0. The minimum absolute atomic E-state index is 0.291. The third kappa shape index (κ3) is 3.65. The fourth-order valence-electron chi connectivity index (χ4n) is 0.911. The maximum Gasteiger partial charge on any atom is 0.127 e. The number of alkyl halides is 1. The summed E-state index contributed by atoms with van der Waals surface area (Å²) < 4.78 is 25.4. The third-order valence-corrected chi connectivity index (χ3v) is 1.96. The number of rotatable bonds is 4. The molecule has 0 spiro atoms. The minimum Gasteiger partial charge on any atom is -0.242 e. The van der Waals surface area contributed by atoms with Crippen LogP contribution in [0, 0.1) is 5.92 Å². The van der Waals surface area contributed by atoms with Crippen LogP contribution in [0.5, 0.6) is 0 Å². The first-order valence-corrected chi connectivity index (χ1v) is 4.14. The van der Waals surface area contributed by atoms with Gasteiger partial charge in [-0.05, 0) is 19.4 Å². The van der Waals surface area contributed by atoms with Crippen LogP contribution >= 0.6 is 0 Å². The number of allylic oxidation sites excluding steroid dienone is 3. The number of hydrogen-bond donors (Lipinski definition) is 0. The van der Waals surface area contributed by atoms with E-state index in [0.717, 1.165) is 18.1 Å². The van der Waals surface area contributed by atoms with Gasteiger partial charge in [0.2, 0.25) is 0 Å². The van der Waals surface area contributed by atoms with Gasteiger partial charge in [-0.15, -0.1) is 0 Å². The van der Waals surface area contributed by atoms with Gasteiger partial charge in [0.15, 0.2) is 0 Å². The van der Waals surface area contributed by atoms with Gasteiger partial charge in [-0.25, -0.2) is 8.78 Å². The van der Waals surface area contributed by atoms with Crippen molar-refractivity contribution in [1.29, 1.82) is 0 Å². The van der Waals surface area contributed by atoms with Gasteiger partial charge in [0, 0.05) is 5.92 Å². The largest absolute Gasteiger partial charge is 0.242 e. The molecule has 2 heteroatoms. The lowest BCUT2D eigenvalue weighted by atomic mass is 9.95. The van der Waals surface area contributed by atoms with Crippen molar-refractivity contribution in [3.63, 3.8) is 0 Å². The first-order valence-electron chi connectivity index (χ1n) is 4.14. The van der Waals surface area contributed by atoms with E-state index in [1.54, 1.807) is 6.92 Å². The van der Waals surface area contributed by atoms with Crippen molar-refractivity contribution in [2.75, 3.05) is 0 Å². The molecular formula is C10H16F2. The molecule has 0 aromatic heterocycles. The fraction of sp³-hybridized carbons (Fsp3) is 0.600. The summed E-state index contributed by atoms with van der Waals surface area (Å²) in [6.07, 6.45) is 0.481. The van der Waals surface area contributed by atoms with Crippen molar-refractivity contribution < 1.29 is 8.78 Å². The van der Waals surface area contributed by atoms with Crippen LogP contribution in [0.25, 0.3) is 0 Å². The SMILES string of the molecule is C=C(CC)C(C)C(F)/C=C(\C)F. The molecule has 2 unspecified atom stereocenters.